The number of furan rings is 1. The van der Waals surface area contributed by atoms with Crippen molar-refractivity contribution in [2.45, 2.75) is 19.8 Å². The Labute approximate surface area is 212 Å². The van der Waals surface area contributed by atoms with Gasteiger partial charge in [-0.3, -0.25) is 0 Å². The number of rotatable bonds is 4. The zero-order valence-corrected chi connectivity index (χ0v) is 20.3. The van der Waals surface area contributed by atoms with Crippen LogP contribution in [0.15, 0.2) is 76.5 Å². The largest absolute Gasteiger partial charge is 0.465 e. The average molecular weight is 495 g/mol. The number of methoxy groups -OCH3 is 1. The first kappa shape index (κ1) is 23.7. The predicted molar refractivity (Wildman–Crippen MR) is 134 cm³/mol. The van der Waals surface area contributed by atoms with E-state index in [0.29, 0.717) is 28.0 Å². The molecule has 0 amide bonds. The Balaban J connectivity index is 1.47. The highest BCUT2D eigenvalue weighted by Gasteiger charge is 2.31. The monoisotopic (exact) mass is 494 g/mol. The number of nitrogens with two attached hydrogens (primary N) is 1. The van der Waals surface area contributed by atoms with Gasteiger partial charge < -0.3 is 24.4 Å². The van der Waals surface area contributed by atoms with Gasteiger partial charge in [-0.1, -0.05) is 29.8 Å². The summed E-state index contributed by atoms with van der Waals surface area (Å²) in [5, 5.41) is 10.6. The SMILES string of the molecule is COC(=O)c1ccc(C2C(C#N)=C(N)Oc3cc(OC(=O)c4oc5ccc(C)cc5c4C)ccc32)cc1. The molecule has 1 aromatic heterocycles. The van der Waals surface area contributed by atoms with Crippen LogP contribution in [0.3, 0.4) is 0 Å². The van der Waals surface area contributed by atoms with Crippen molar-refractivity contribution in [2.75, 3.05) is 7.11 Å². The molecule has 8 heteroatoms. The molecular formula is C29H22N2O6. The summed E-state index contributed by atoms with van der Waals surface area (Å²) in [7, 11) is 1.31. The number of esters is 2. The van der Waals surface area contributed by atoms with Gasteiger partial charge in [0, 0.05) is 22.6 Å². The van der Waals surface area contributed by atoms with Crippen molar-refractivity contribution in [1.82, 2.24) is 0 Å². The molecule has 0 spiro atoms. The highest BCUT2D eigenvalue weighted by atomic mass is 16.5. The third kappa shape index (κ3) is 4.17. The number of allylic oxidation sites excluding steroid dienone is 1. The van der Waals surface area contributed by atoms with Crippen molar-refractivity contribution >= 4 is 22.9 Å². The molecule has 3 aromatic carbocycles. The summed E-state index contributed by atoms with van der Waals surface area (Å²) >= 11 is 0. The highest BCUT2D eigenvalue weighted by molar-refractivity contribution is 5.97. The lowest BCUT2D eigenvalue weighted by atomic mass is 9.83. The molecule has 0 radical (unpaired) electrons. The van der Waals surface area contributed by atoms with E-state index in [-0.39, 0.29) is 23.0 Å². The summed E-state index contributed by atoms with van der Waals surface area (Å²) in [6.07, 6.45) is 0. The standard InChI is InChI=1S/C29H22N2O6/c1-15-4-11-23-21(12-15)16(2)26(36-23)29(33)35-19-9-10-20-24(13-19)37-27(31)22(14-30)25(20)17-5-7-18(8-6-17)28(32)34-3/h4-13,25H,31H2,1-3H3. The maximum absolute atomic E-state index is 12.9. The van der Waals surface area contributed by atoms with Crippen LogP contribution in [-0.4, -0.2) is 19.0 Å². The number of carbonyl (C=O) groups excluding carboxylic acids is 2. The van der Waals surface area contributed by atoms with Gasteiger partial charge in [0.25, 0.3) is 0 Å². The molecule has 1 unspecified atom stereocenters. The van der Waals surface area contributed by atoms with E-state index in [1.165, 1.54) is 7.11 Å². The minimum atomic E-state index is -0.640. The Morgan fingerprint density at radius 2 is 1.76 bits per heavy atom. The van der Waals surface area contributed by atoms with Gasteiger partial charge in [0.05, 0.1) is 18.6 Å². The van der Waals surface area contributed by atoms with Crippen LogP contribution in [0.4, 0.5) is 0 Å². The van der Waals surface area contributed by atoms with Crippen LogP contribution in [0.25, 0.3) is 11.0 Å². The molecule has 37 heavy (non-hydrogen) atoms. The van der Waals surface area contributed by atoms with Gasteiger partial charge in [0.2, 0.25) is 11.6 Å². The normalized spacial score (nSPS) is 14.5. The summed E-state index contributed by atoms with van der Waals surface area (Å²) in [6, 6.07) is 19.4. The fourth-order valence-electron chi connectivity index (χ4n) is 4.45. The maximum atomic E-state index is 12.9. The van der Waals surface area contributed by atoms with Crippen molar-refractivity contribution < 1.29 is 28.2 Å². The zero-order valence-electron chi connectivity index (χ0n) is 20.3. The predicted octanol–water partition coefficient (Wildman–Crippen LogP) is 5.27. The molecule has 0 saturated heterocycles. The molecule has 1 aliphatic heterocycles. The maximum Gasteiger partial charge on any atom is 0.379 e. The van der Waals surface area contributed by atoms with Crippen molar-refractivity contribution in [3.63, 3.8) is 0 Å². The van der Waals surface area contributed by atoms with Gasteiger partial charge in [0.15, 0.2) is 0 Å². The topological polar surface area (TPSA) is 125 Å². The Bertz CT molecular complexity index is 1640. The molecule has 4 aromatic rings. The van der Waals surface area contributed by atoms with E-state index in [1.54, 1.807) is 42.5 Å². The van der Waals surface area contributed by atoms with Crippen molar-refractivity contribution in [3.8, 4) is 17.6 Å². The van der Waals surface area contributed by atoms with Crippen LogP contribution in [-0.2, 0) is 4.74 Å². The molecule has 8 nitrogen and oxygen atoms in total. The smallest absolute Gasteiger partial charge is 0.379 e. The van der Waals surface area contributed by atoms with Crippen LogP contribution < -0.4 is 15.2 Å². The van der Waals surface area contributed by atoms with E-state index >= 15 is 0 Å². The van der Waals surface area contributed by atoms with Gasteiger partial charge in [-0.15, -0.1) is 0 Å². The number of fused-ring (bicyclic) bond motifs is 2. The van der Waals surface area contributed by atoms with Crippen LogP contribution in [0.2, 0.25) is 0 Å². The average Bonchev–Trinajstić information content (AvgIpc) is 3.23. The van der Waals surface area contributed by atoms with Gasteiger partial charge >= 0.3 is 11.9 Å². The van der Waals surface area contributed by atoms with Crippen LogP contribution in [0.5, 0.6) is 11.5 Å². The number of benzene rings is 3. The minimum absolute atomic E-state index is 0.0518. The fraction of sp³-hybridized carbons (Fsp3) is 0.138. The number of ether oxygens (including phenoxy) is 3. The molecule has 0 aliphatic carbocycles. The van der Waals surface area contributed by atoms with Crippen LogP contribution >= 0.6 is 0 Å². The second kappa shape index (κ2) is 9.21. The minimum Gasteiger partial charge on any atom is -0.465 e. The number of hydrogen-bond acceptors (Lipinski definition) is 8. The molecule has 0 saturated carbocycles. The zero-order chi connectivity index (χ0) is 26.3. The second-order valence-electron chi connectivity index (χ2n) is 8.68. The molecule has 1 aliphatic rings. The fourth-order valence-corrected chi connectivity index (χ4v) is 4.45. The van der Waals surface area contributed by atoms with Crippen molar-refractivity contribution in [2.24, 2.45) is 5.73 Å². The molecule has 2 N–H and O–H groups in total. The van der Waals surface area contributed by atoms with E-state index in [0.717, 1.165) is 16.5 Å². The lowest BCUT2D eigenvalue weighted by molar-refractivity contribution is 0.0600. The summed E-state index contributed by atoms with van der Waals surface area (Å²) in [4.78, 5) is 24.8. The second-order valence-corrected chi connectivity index (χ2v) is 8.68. The number of nitriles is 1. The van der Waals surface area contributed by atoms with E-state index in [9.17, 15) is 14.9 Å². The molecule has 1 atom stereocenters. The summed E-state index contributed by atoms with van der Waals surface area (Å²) in [5.74, 6) is -0.994. The lowest BCUT2D eigenvalue weighted by Crippen LogP contribution is -2.21. The number of nitrogens with zero attached hydrogens (tertiary/aromatic N) is 1. The highest BCUT2D eigenvalue weighted by Crippen LogP contribution is 2.43. The Morgan fingerprint density at radius 1 is 1.00 bits per heavy atom. The van der Waals surface area contributed by atoms with E-state index < -0.39 is 17.9 Å². The quantitative estimate of drug-likeness (QED) is 0.300. The Morgan fingerprint density at radius 3 is 2.46 bits per heavy atom. The van der Waals surface area contributed by atoms with Crippen LogP contribution in [0.1, 0.15) is 49.1 Å². The van der Waals surface area contributed by atoms with E-state index in [2.05, 4.69) is 6.07 Å². The van der Waals surface area contributed by atoms with Crippen molar-refractivity contribution in [3.05, 3.63) is 106 Å². The van der Waals surface area contributed by atoms with E-state index in [4.69, 9.17) is 24.4 Å². The molecule has 5 rings (SSSR count). The Kier molecular flexibility index (Phi) is 5.90. The first-order chi connectivity index (χ1) is 17.8. The van der Waals surface area contributed by atoms with Gasteiger partial charge in [0.1, 0.15) is 28.7 Å². The summed E-state index contributed by atoms with van der Waals surface area (Å²) in [5.41, 5.74) is 10.4. The number of hydrogen-bond donors (Lipinski definition) is 1. The Hall–Kier alpha value is -5.03. The first-order valence-electron chi connectivity index (χ1n) is 11.4. The lowest BCUT2D eigenvalue weighted by Gasteiger charge is -2.26. The van der Waals surface area contributed by atoms with Crippen molar-refractivity contribution in [1.29, 1.82) is 5.26 Å². The van der Waals surface area contributed by atoms with Gasteiger partial charge in [-0.25, -0.2) is 9.59 Å². The van der Waals surface area contributed by atoms with E-state index in [1.807, 2.05) is 32.0 Å². The summed E-state index contributed by atoms with van der Waals surface area (Å²) in [6.45, 7) is 3.78. The molecule has 184 valence electrons. The third-order valence-corrected chi connectivity index (χ3v) is 6.34. The molecule has 2 heterocycles. The number of carbonyl (C=O) groups is 2. The van der Waals surface area contributed by atoms with Crippen LogP contribution in [0, 0.1) is 25.2 Å². The molecule has 0 bridgehead atoms. The van der Waals surface area contributed by atoms with Gasteiger partial charge in [-0.2, -0.15) is 5.26 Å². The third-order valence-electron chi connectivity index (χ3n) is 6.34. The molecular weight excluding hydrogens is 472 g/mol. The first-order valence-corrected chi connectivity index (χ1v) is 11.4. The van der Waals surface area contributed by atoms with Gasteiger partial charge in [-0.05, 0) is 49.7 Å². The molecule has 0 fully saturated rings. The summed E-state index contributed by atoms with van der Waals surface area (Å²) < 4.78 is 21.8. The number of aryl methyl sites for hydroxylation is 2.